The summed E-state index contributed by atoms with van der Waals surface area (Å²) in [6.07, 6.45) is 3.47. The zero-order valence-corrected chi connectivity index (χ0v) is 10.9. The minimum atomic E-state index is -0.456. The molecule has 0 aromatic carbocycles. The first-order valence-electron chi connectivity index (χ1n) is 4.99. The van der Waals surface area contributed by atoms with E-state index in [1.165, 1.54) is 17.1 Å². The van der Waals surface area contributed by atoms with Gasteiger partial charge in [-0.05, 0) is 6.92 Å². The van der Waals surface area contributed by atoms with Gasteiger partial charge >= 0.3 is 5.97 Å². The number of aldehydes is 1. The lowest BCUT2D eigenvalue weighted by Crippen LogP contribution is -2.03. The standard InChI is InChI=1S/C10H8ClN3O3S/c1-2-17-9(16)6-3-12-14(4-6)10-13-8(11)7(5-15)18-10/h3-5H,2H2,1H3. The topological polar surface area (TPSA) is 74.1 Å². The van der Waals surface area contributed by atoms with E-state index < -0.39 is 5.97 Å². The minimum Gasteiger partial charge on any atom is -0.462 e. The number of rotatable bonds is 4. The summed E-state index contributed by atoms with van der Waals surface area (Å²) in [4.78, 5) is 26.4. The van der Waals surface area contributed by atoms with Gasteiger partial charge in [-0.3, -0.25) is 4.79 Å². The van der Waals surface area contributed by atoms with Crippen LogP contribution in [0.2, 0.25) is 5.15 Å². The van der Waals surface area contributed by atoms with Crippen molar-refractivity contribution in [1.82, 2.24) is 14.8 Å². The second-order valence-corrected chi connectivity index (χ2v) is 4.53. The Labute approximate surface area is 111 Å². The van der Waals surface area contributed by atoms with E-state index in [-0.39, 0.29) is 5.15 Å². The summed E-state index contributed by atoms with van der Waals surface area (Å²) in [7, 11) is 0. The number of hydrogen-bond acceptors (Lipinski definition) is 6. The van der Waals surface area contributed by atoms with Crippen molar-refractivity contribution >= 4 is 35.2 Å². The van der Waals surface area contributed by atoms with Gasteiger partial charge in [-0.1, -0.05) is 22.9 Å². The fraction of sp³-hybridized carbons (Fsp3) is 0.200. The molecule has 0 saturated heterocycles. The van der Waals surface area contributed by atoms with Crippen LogP contribution in [-0.4, -0.2) is 33.6 Å². The van der Waals surface area contributed by atoms with E-state index in [1.54, 1.807) is 6.92 Å². The van der Waals surface area contributed by atoms with E-state index in [9.17, 15) is 9.59 Å². The number of nitrogens with zero attached hydrogens (tertiary/aromatic N) is 3. The molecule has 0 fully saturated rings. The summed E-state index contributed by atoms with van der Waals surface area (Å²) in [6.45, 7) is 2.02. The van der Waals surface area contributed by atoms with Crippen LogP contribution in [0.15, 0.2) is 12.4 Å². The molecule has 0 saturated carbocycles. The molecule has 94 valence electrons. The van der Waals surface area contributed by atoms with Gasteiger partial charge in [-0.25, -0.2) is 14.5 Å². The van der Waals surface area contributed by atoms with Crippen LogP contribution in [0.4, 0.5) is 0 Å². The van der Waals surface area contributed by atoms with Gasteiger partial charge in [-0.15, -0.1) is 0 Å². The molecule has 0 radical (unpaired) electrons. The maximum Gasteiger partial charge on any atom is 0.341 e. The van der Waals surface area contributed by atoms with E-state index in [2.05, 4.69) is 10.1 Å². The van der Waals surface area contributed by atoms with E-state index in [0.717, 1.165) is 11.3 Å². The molecule has 0 unspecified atom stereocenters. The van der Waals surface area contributed by atoms with Crippen molar-refractivity contribution in [2.24, 2.45) is 0 Å². The zero-order chi connectivity index (χ0) is 13.1. The first-order chi connectivity index (χ1) is 8.65. The molecule has 0 aliphatic heterocycles. The molecule has 0 atom stereocenters. The molecule has 0 spiro atoms. The molecule has 2 rings (SSSR count). The fourth-order valence-electron chi connectivity index (χ4n) is 1.22. The van der Waals surface area contributed by atoms with Crippen LogP contribution in [0, 0.1) is 0 Å². The molecule has 0 bridgehead atoms. The summed E-state index contributed by atoms with van der Waals surface area (Å²) in [6, 6.07) is 0. The molecule has 0 aliphatic carbocycles. The normalized spacial score (nSPS) is 10.3. The van der Waals surface area contributed by atoms with Crippen molar-refractivity contribution in [1.29, 1.82) is 0 Å². The number of carbonyl (C=O) groups is 2. The van der Waals surface area contributed by atoms with Crippen LogP contribution < -0.4 is 0 Å². The first kappa shape index (κ1) is 12.7. The smallest absolute Gasteiger partial charge is 0.341 e. The van der Waals surface area contributed by atoms with Gasteiger partial charge in [0.2, 0.25) is 5.13 Å². The third kappa shape index (κ3) is 2.41. The molecular weight excluding hydrogens is 278 g/mol. The highest BCUT2D eigenvalue weighted by Gasteiger charge is 2.14. The number of carbonyl (C=O) groups excluding carboxylic acids is 2. The molecule has 0 N–H and O–H groups in total. The van der Waals surface area contributed by atoms with Crippen molar-refractivity contribution < 1.29 is 14.3 Å². The predicted octanol–water partition coefficient (Wildman–Crippen LogP) is 1.97. The number of aromatic nitrogens is 3. The van der Waals surface area contributed by atoms with Gasteiger partial charge in [0.15, 0.2) is 11.4 Å². The van der Waals surface area contributed by atoms with Crippen molar-refractivity contribution in [2.75, 3.05) is 6.61 Å². The van der Waals surface area contributed by atoms with Crippen LogP contribution in [0.5, 0.6) is 0 Å². The van der Waals surface area contributed by atoms with Crippen molar-refractivity contribution in [2.45, 2.75) is 6.92 Å². The lowest BCUT2D eigenvalue weighted by molar-refractivity contribution is 0.0526. The maximum atomic E-state index is 11.4. The molecule has 2 heterocycles. The predicted molar refractivity (Wildman–Crippen MR) is 65.6 cm³/mol. The fourth-order valence-corrected chi connectivity index (χ4v) is 2.22. The Balaban J connectivity index is 2.28. The third-order valence-corrected chi connectivity index (χ3v) is 3.37. The van der Waals surface area contributed by atoms with E-state index >= 15 is 0 Å². The Morgan fingerprint density at radius 3 is 3.06 bits per heavy atom. The van der Waals surface area contributed by atoms with Gasteiger partial charge in [0.1, 0.15) is 4.88 Å². The number of esters is 1. The summed E-state index contributed by atoms with van der Waals surface area (Å²) in [5, 5.41) is 4.51. The highest BCUT2D eigenvalue weighted by Crippen LogP contribution is 2.23. The molecule has 2 aromatic heterocycles. The average molecular weight is 286 g/mol. The second kappa shape index (κ2) is 5.28. The Kier molecular flexibility index (Phi) is 3.73. The first-order valence-corrected chi connectivity index (χ1v) is 6.18. The summed E-state index contributed by atoms with van der Waals surface area (Å²) < 4.78 is 6.21. The van der Waals surface area contributed by atoms with Crippen molar-refractivity contribution in [3.8, 4) is 5.13 Å². The largest absolute Gasteiger partial charge is 0.462 e. The monoisotopic (exact) mass is 285 g/mol. The molecule has 2 aromatic rings. The van der Waals surface area contributed by atoms with E-state index in [4.69, 9.17) is 16.3 Å². The number of thiazole rings is 1. The van der Waals surface area contributed by atoms with E-state index in [1.807, 2.05) is 0 Å². The Bertz CT molecular complexity index is 593. The number of halogens is 1. The van der Waals surface area contributed by atoms with Crippen LogP contribution >= 0.6 is 22.9 Å². The minimum absolute atomic E-state index is 0.123. The van der Waals surface area contributed by atoms with Gasteiger partial charge in [0, 0.05) is 6.20 Å². The lowest BCUT2D eigenvalue weighted by Gasteiger charge is -1.96. The van der Waals surface area contributed by atoms with Crippen molar-refractivity contribution in [3.63, 3.8) is 0 Å². The quantitative estimate of drug-likeness (QED) is 0.634. The lowest BCUT2D eigenvalue weighted by atomic mass is 10.4. The summed E-state index contributed by atoms with van der Waals surface area (Å²) >= 11 is 6.84. The van der Waals surface area contributed by atoms with Gasteiger partial charge in [0.25, 0.3) is 0 Å². The Hall–Kier alpha value is -1.73. The summed E-state index contributed by atoms with van der Waals surface area (Å²) in [5.41, 5.74) is 0.316. The molecule has 6 nitrogen and oxygen atoms in total. The number of hydrogen-bond donors (Lipinski definition) is 0. The SMILES string of the molecule is CCOC(=O)c1cnn(-c2nc(Cl)c(C=O)s2)c1. The molecule has 0 aliphatic rings. The molecular formula is C10H8ClN3O3S. The van der Waals surface area contributed by atoms with Crippen LogP contribution in [-0.2, 0) is 4.74 Å². The van der Waals surface area contributed by atoms with Crippen LogP contribution in [0.25, 0.3) is 5.13 Å². The van der Waals surface area contributed by atoms with Crippen LogP contribution in [0.1, 0.15) is 27.0 Å². The highest BCUT2D eigenvalue weighted by atomic mass is 35.5. The Morgan fingerprint density at radius 1 is 1.67 bits per heavy atom. The number of ether oxygens (including phenoxy) is 1. The zero-order valence-electron chi connectivity index (χ0n) is 9.29. The Morgan fingerprint density at radius 2 is 2.44 bits per heavy atom. The third-order valence-electron chi connectivity index (χ3n) is 2.00. The second-order valence-electron chi connectivity index (χ2n) is 3.16. The average Bonchev–Trinajstić information content (AvgIpc) is 2.95. The highest BCUT2D eigenvalue weighted by molar-refractivity contribution is 7.16. The van der Waals surface area contributed by atoms with Gasteiger partial charge in [0.05, 0.1) is 18.4 Å². The maximum absolute atomic E-state index is 11.4. The molecule has 18 heavy (non-hydrogen) atoms. The molecule has 0 amide bonds. The van der Waals surface area contributed by atoms with Crippen LogP contribution in [0.3, 0.4) is 0 Å². The van der Waals surface area contributed by atoms with Crippen molar-refractivity contribution in [3.05, 3.63) is 28.0 Å². The van der Waals surface area contributed by atoms with Gasteiger partial charge < -0.3 is 4.74 Å². The van der Waals surface area contributed by atoms with E-state index in [0.29, 0.717) is 28.5 Å². The molecule has 8 heteroatoms. The van der Waals surface area contributed by atoms with Gasteiger partial charge in [-0.2, -0.15) is 5.10 Å². The summed E-state index contributed by atoms with van der Waals surface area (Å²) in [5.74, 6) is -0.456.